The maximum Gasteiger partial charge on any atom is 0.0684 e. The zero-order chi connectivity index (χ0) is 20.8. The first kappa shape index (κ1) is 18.8. The van der Waals surface area contributed by atoms with E-state index in [1.165, 1.54) is 33.0 Å². The van der Waals surface area contributed by atoms with Crippen LogP contribution in [0.15, 0.2) is 72.8 Å². The highest BCUT2D eigenvalue weighted by molar-refractivity contribution is 6.21. The molecule has 0 radical (unpaired) electrons. The SMILES string of the molecule is Cc1c(CO)cccc1C1=C(c2cccc(CO)c2C)c2cccc3cccc1c23. The molecule has 0 atom stereocenters. The summed E-state index contributed by atoms with van der Waals surface area (Å²) in [5.74, 6) is 0. The van der Waals surface area contributed by atoms with Gasteiger partial charge in [-0.1, -0.05) is 72.8 Å². The van der Waals surface area contributed by atoms with E-state index in [9.17, 15) is 10.2 Å². The molecule has 30 heavy (non-hydrogen) atoms. The number of aliphatic hydroxyl groups excluding tert-OH is 2. The molecule has 4 aromatic rings. The molecule has 0 heterocycles. The fourth-order valence-electron chi connectivity index (χ4n) is 4.84. The summed E-state index contributed by atoms with van der Waals surface area (Å²) in [4.78, 5) is 0. The first-order valence-electron chi connectivity index (χ1n) is 10.3. The van der Waals surface area contributed by atoms with Crippen LogP contribution in [0.5, 0.6) is 0 Å². The van der Waals surface area contributed by atoms with Crippen LogP contribution in [-0.2, 0) is 13.2 Å². The van der Waals surface area contributed by atoms with Gasteiger partial charge < -0.3 is 10.2 Å². The smallest absolute Gasteiger partial charge is 0.0684 e. The third-order valence-electron chi connectivity index (χ3n) is 6.46. The van der Waals surface area contributed by atoms with E-state index in [1.54, 1.807) is 0 Å². The lowest BCUT2D eigenvalue weighted by Crippen LogP contribution is -2.00. The van der Waals surface area contributed by atoms with Gasteiger partial charge in [0.1, 0.15) is 0 Å². The zero-order valence-electron chi connectivity index (χ0n) is 17.2. The van der Waals surface area contributed by atoms with Crippen molar-refractivity contribution in [3.05, 3.63) is 117 Å². The van der Waals surface area contributed by atoms with Crippen LogP contribution in [0, 0.1) is 13.8 Å². The number of hydrogen-bond donors (Lipinski definition) is 2. The molecule has 1 aliphatic rings. The molecule has 2 nitrogen and oxygen atoms in total. The van der Waals surface area contributed by atoms with Crippen molar-refractivity contribution in [1.29, 1.82) is 0 Å². The summed E-state index contributed by atoms with van der Waals surface area (Å²) in [6.07, 6.45) is 0. The van der Waals surface area contributed by atoms with Gasteiger partial charge in [0.2, 0.25) is 0 Å². The van der Waals surface area contributed by atoms with Gasteiger partial charge in [0.25, 0.3) is 0 Å². The number of rotatable bonds is 4. The summed E-state index contributed by atoms with van der Waals surface area (Å²) in [6, 6.07) is 25.3. The summed E-state index contributed by atoms with van der Waals surface area (Å²) < 4.78 is 0. The molecular weight excluding hydrogens is 368 g/mol. The number of benzene rings is 4. The van der Waals surface area contributed by atoms with E-state index in [0.717, 1.165) is 33.4 Å². The monoisotopic (exact) mass is 392 g/mol. The van der Waals surface area contributed by atoms with Gasteiger partial charge in [-0.05, 0) is 80.3 Å². The third kappa shape index (κ3) is 2.65. The molecule has 148 valence electrons. The second-order valence-electron chi connectivity index (χ2n) is 7.95. The molecule has 0 saturated heterocycles. The van der Waals surface area contributed by atoms with Gasteiger partial charge >= 0.3 is 0 Å². The fraction of sp³-hybridized carbons (Fsp3) is 0.143. The molecule has 0 aliphatic heterocycles. The Kier molecular flexibility index (Phi) is 4.54. The third-order valence-corrected chi connectivity index (χ3v) is 6.46. The van der Waals surface area contributed by atoms with Gasteiger partial charge in [-0.15, -0.1) is 0 Å². The quantitative estimate of drug-likeness (QED) is 0.408. The summed E-state index contributed by atoms with van der Waals surface area (Å²) in [5, 5.41) is 22.2. The second kappa shape index (κ2) is 7.24. The van der Waals surface area contributed by atoms with E-state index in [4.69, 9.17) is 0 Å². The molecular formula is C28H24O2. The molecule has 0 aromatic heterocycles. The molecule has 0 unspecified atom stereocenters. The first-order chi connectivity index (χ1) is 14.7. The van der Waals surface area contributed by atoms with E-state index >= 15 is 0 Å². The Morgan fingerprint density at radius 3 is 1.37 bits per heavy atom. The highest BCUT2D eigenvalue weighted by Gasteiger charge is 2.28. The van der Waals surface area contributed by atoms with Crippen molar-refractivity contribution < 1.29 is 10.2 Å². The Morgan fingerprint density at radius 1 is 0.533 bits per heavy atom. The summed E-state index contributed by atoms with van der Waals surface area (Å²) in [6.45, 7) is 4.23. The van der Waals surface area contributed by atoms with Crippen LogP contribution in [0.1, 0.15) is 44.5 Å². The van der Waals surface area contributed by atoms with Crippen molar-refractivity contribution in [2.45, 2.75) is 27.1 Å². The first-order valence-corrected chi connectivity index (χ1v) is 10.3. The highest BCUT2D eigenvalue weighted by atomic mass is 16.3. The average Bonchev–Trinajstić information content (AvgIpc) is 3.10. The van der Waals surface area contributed by atoms with Gasteiger partial charge in [0.15, 0.2) is 0 Å². The molecule has 4 aromatic carbocycles. The standard InChI is InChI=1S/C28H24O2/c1-17-20(15-29)9-5-11-22(17)27-24-13-3-7-19-8-4-14-25(26(19)24)28(27)23-12-6-10-21(16-30)18(23)2/h3-14,29-30H,15-16H2,1-2H3. The minimum absolute atomic E-state index is 0.0263. The second-order valence-corrected chi connectivity index (χ2v) is 7.95. The maximum absolute atomic E-state index is 9.86. The van der Waals surface area contributed by atoms with Crippen LogP contribution in [0.25, 0.3) is 21.9 Å². The van der Waals surface area contributed by atoms with Crippen LogP contribution in [0.3, 0.4) is 0 Å². The zero-order valence-corrected chi connectivity index (χ0v) is 17.2. The van der Waals surface area contributed by atoms with Gasteiger partial charge in [0.05, 0.1) is 13.2 Å². The van der Waals surface area contributed by atoms with Crippen molar-refractivity contribution in [3.63, 3.8) is 0 Å². The lowest BCUT2D eigenvalue weighted by atomic mass is 9.86. The Morgan fingerprint density at radius 2 is 0.933 bits per heavy atom. The normalized spacial score (nSPS) is 12.8. The van der Waals surface area contributed by atoms with Crippen molar-refractivity contribution in [3.8, 4) is 0 Å². The largest absolute Gasteiger partial charge is 0.392 e. The Balaban J connectivity index is 1.93. The Hall–Kier alpha value is -3.20. The molecule has 5 rings (SSSR count). The van der Waals surface area contributed by atoms with E-state index < -0.39 is 0 Å². The topological polar surface area (TPSA) is 40.5 Å². The molecule has 0 amide bonds. The molecule has 2 N–H and O–H groups in total. The minimum atomic E-state index is 0.0263. The Bertz CT molecular complexity index is 1230. The van der Waals surface area contributed by atoms with Gasteiger partial charge in [-0.25, -0.2) is 0 Å². The van der Waals surface area contributed by atoms with E-state index in [0.29, 0.717) is 0 Å². The van der Waals surface area contributed by atoms with Gasteiger partial charge in [0, 0.05) is 0 Å². The molecule has 2 heteroatoms. The molecule has 0 bridgehead atoms. The van der Waals surface area contributed by atoms with Crippen molar-refractivity contribution in [1.82, 2.24) is 0 Å². The van der Waals surface area contributed by atoms with Crippen LogP contribution in [0.4, 0.5) is 0 Å². The lowest BCUT2D eigenvalue weighted by molar-refractivity contribution is 0.281. The molecule has 0 fully saturated rings. The summed E-state index contributed by atoms with van der Waals surface area (Å²) in [5.41, 5.74) is 11.3. The fourth-order valence-corrected chi connectivity index (χ4v) is 4.84. The van der Waals surface area contributed by atoms with E-state index in [2.05, 4.69) is 62.4 Å². The molecule has 0 spiro atoms. The van der Waals surface area contributed by atoms with E-state index in [-0.39, 0.29) is 13.2 Å². The van der Waals surface area contributed by atoms with Crippen LogP contribution in [0.2, 0.25) is 0 Å². The Labute approximate surface area is 176 Å². The summed E-state index contributed by atoms with van der Waals surface area (Å²) >= 11 is 0. The van der Waals surface area contributed by atoms with Gasteiger partial charge in [-0.2, -0.15) is 0 Å². The van der Waals surface area contributed by atoms with Crippen molar-refractivity contribution in [2.75, 3.05) is 0 Å². The molecule has 0 saturated carbocycles. The number of aliphatic hydroxyl groups is 2. The lowest BCUT2D eigenvalue weighted by Gasteiger charge is -2.17. The minimum Gasteiger partial charge on any atom is -0.392 e. The maximum atomic E-state index is 9.86. The number of hydrogen-bond acceptors (Lipinski definition) is 2. The van der Waals surface area contributed by atoms with Crippen LogP contribution in [-0.4, -0.2) is 10.2 Å². The molecule has 1 aliphatic carbocycles. The van der Waals surface area contributed by atoms with E-state index in [1.807, 2.05) is 24.3 Å². The predicted octanol–water partition coefficient (Wildman–Crippen LogP) is 5.76. The van der Waals surface area contributed by atoms with Crippen molar-refractivity contribution >= 4 is 21.9 Å². The summed E-state index contributed by atoms with van der Waals surface area (Å²) in [7, 11) is 0. The van der Waals surface area contributed by atoms with Crippen LogP contribution >= 0.6 is 0 Å². The van der Waals surface area contributed by atoms with Crippen molar-refractivity contribution in [2.24, 2.45) is 0 Å². The van der Waals surface area contributed by atoms with Gasteiger partial charge in [-0.3, -0.25) is 0 Å². The average molecular weight is 392 g/mol. The predicted molar refractivity (Wildman–Crippen MR) is 123 cm³/mol. The highest BCUT2D eigenvalue weighted by Crippen LogP contribution is 2.49. The van der Waals surface area contributed by atoms with Crippen LogP contribution < -0.4 is 0 Å².